The summed E-state index contributed by atoms with van der Waals surface area (Å²) in [5.74, 6) is 0. The van der Waals surface area contributed by atoms with Gasteiger partial charge in [-0.3, -0.25) is 0 Å². The second-order valence-electron chi connectivity index (χ2n) is 3.25. The van der Waals surface area contributed by atoms with E-state index < -0.39 is 0 Å². The quantitative estimate of drug-likeness (QED) is 0.503. The van der Waals surface area contributed by atoms with Gasteiger partial charge in [0.2, 0.25) is 0 Å². The number of hydrogen-bond donors (Lipinski definition) is 1. The van der Waals surface area contributed by atoms with Crippen LogP contribution in [0.3, 0.4) is 0 Å². The molecule has 0 aromatic heterocycles. The van der Waals surface area contributed by atoms with Gasteiger partial charge >= 0.3 is 0 Å². The molecule has 16 heavy (non-hydrogen) atoms. The SMILES string of the molecule is C/C(=N\OCCCN)c1c(Cl)cccc1Cl. The molecule has 1 rings (SSSR count). The maximum Gasteiger partial charge on any atom is 0.118 e. The first-order chi connectivity index (χ1) is 7.66. The van der Waals surface area contributed by atoms with Crippen molar-refractivity contribution in [3.8, 4) is 0 Å². The lowest BCUT2D eigenvalue weighted by molar-refractivity contribution is 0.143. The van der Waals surface area contributed by atoms with Gasteiger partial charge in [-0.05, 0) is 32.0 Å². The van der Waals surface area contributed by atoms with E-state index in [9.17, 15) is 0 Å². The molecule has 0 aliphatic rings. The highest BCUT2D eigenvalue weighted by Crippen LogP contribution is 2.24. The molecule has 3 nitrogen and oxygen atoms in total. The predicted octanol–water partition coefficient (Wildman–Crippen LogP) is 3.08. The molecular formula is C11H14Cl2N2O. The van der Waals surface area contributed by atoms with Gasteiger partial charge in [-0.1, -0.05) is 34.4 Å². The molecule has 0 amide bonds. The van der Waals surface area contributed by atoms with Crippen molar-refractivity contribution in [3.63, 3.8) is 0 Å². The Hall–Kier alpha value is -0.770. The number of hydrogen-bond acceptors (Lipinski definition) is 3. The van der Waals surface area contributed by atoms with Crippen molar-refractivity contribution in [1.29, 1.82) is 0 Å². The minimum atomic E-state index is 0.496. The van der Waals surface area contributed by atoms with Crippen LogP contribution < -0.4 is 5.73 Å². The average Bonchev–Trinajstić information content (AvgIpc) is 2.24. The molecular weight excluding hydrogens is 247 g/mol. The van der Waals surface area contributed by atoms with Crippen LogP contribution in [-0.4, -0.2) is 18.9 Å². The van der Waals surface area contributed by atoms with Crippen LogP contribution in [0.15, 0.2) is 23.4 Å². The van der Waals surface area contributed by atoms with Crippen LogP contribution in [0, 0.1) is 0 Å². The van der Waals surface area contributed by atoms with E-state index in [2.05, 4.69) is 5.16 Å². The molecule has 0 spiro atoms. The summed E-state index contributed by atoms with van der Waals surface area (Å²) in [6.45, 7) is 2.88. The van der Waals surface area contributed by atoms with Crippen LogP contribution >= 0.6 is 23.2 Å². The molecule has 0 heterocycles. The summed E-state index contributed by atoms with van der Waals surface area (Å²) in [4.78, 5) is 5.09. The van der Waals surface area contributed by atoms with E-state index in [-0.39, 0.29) is 0 Å². The molecule has 0 aliphatic heterocycles. The third-order valence-corrected chi connectivity index (χ3v) is 2.60. The normalized spacial score (nSPS) is 11.6. The zero-order chi connectivity index (χ0) is 12.0. The van der Waals surface area contributed by atoms with Gasteiger partial charge in [-0.25, -0.2) is 0 Å². The van der Waals surface area contributed by atoms with Crippen LogP contribution in [0.2, 0.25) is 10.0 Å². The fourth-order valence-corrected chi connectivity index (χ4v) is 1.85. The van der Waals surface area contributed by atoms with Crippen LogP contribution in [0.25, 0.3) is 0 Å². The first-order valence-corrected chi connectivity index (χ1v) is 5.73. The Morgan fingerprint density at radius 1 is 1.38 bits per heavy atom. The Morgan fingerprint density at radius 3 is 2.56 bits per heavy atom. The molecule has 0 atom stereocenters. The molecule has 0 fully saturated rings. The van der Waals surface area contributed by atoms with E-state index in [1.54, 1.807) is 25.1 Å². The molecule has 1 aromatic rings. The Balaban J connectivity index is 2.75. The van der Waals surface area contributed by atoms with Crippen molar-refractivity contribution in [3.05, 3.63) is 33.8 Å². The van der Waals surface area contributed by atoms with Crippen molar-refractivity contribution in [2.75, 3.05) is 13.2 Å². The topological polar surface area (TPSA) is 47.6 Å². The highest BCUT2D eigenvalue weighted by atomic mass is 35.5. The number of benzene rings is 1. The maximum atomic E-state index is 6.02. The molecule has 0 aliphatic carbocycles. The Kier molecular flexibility index (Phi) is 5.60. The predicted molar refractivity (Wildman–Crippen MR) is 68.3 cm³/mol. The minimum Gasteiger partial charge on any atom is -0.396 e. The van der Waals surface area contributed by atoms with Crippen LogP contribution in [0.5, 0.6) is 0 Å². The summed E-state index contributed by atoms with van der Waals surface area (Å²) in [6.07, 6.45) is 0.771. The van der Waals surface area contributed by atoms with Crippen molar-refractivity contribution >= 4 is 28.9 Å². The third-order valence-electron chi connectivity index (χ3n) is 1.97. The number of nitrogens with zero attached hydrogens (tertiary/aromatic N) is 1. The summed E-state index contributed by atoms with van der Waals surface area (Å²) < 4.78 is 0. The second kappa shape index (κ2) is 6.74. The molecule has 0 saturated heterocycles. The summed E-state index contributed by atoms with van der Waals surface area (Å²) in [7, 11) is 0. The molecule has 0 unspecified atom stereocenters. The lowest BCUT2D eigenvalue weighted by Crippen LogP contribution is -2.04. The number of nitrogens with two attached hydrogens (primary N) is 1. The molecule has 0 radical (unpaired) electrons. The van der Waals surface area contributed by atoms with Crippen molar-refractivity contribution < 1.29 is 4.84 Å². The van der Waals surface area contributed by atoms with Gasteiger partial charge in [0, 0.05) is 5.56 Å². The average molecular weight is 261 g/mol. The van der Waals surface area contributed by atoms with E-state index in [0.717, 1.165) is 6.42 Å². The zero-order valence-corrected chi connectivity index (χ0v) is 10.6. The Labute approximate surface area is 105 Å². The summed E-state index contributed by atoms with van der Waals surface area (Å²) in [6, 6.07) is 5.32. The fraction of sp³-hybridized carbons (Fsp3) is 0.364. The van der Waals surface area contributed by atoms with Gasteiger partial charge in [0.25, 0.3) is 0 Å². The third kappa shape index (κ3) is 3.67. The van der Waals surface area contributed by atoms with Gasteiger partial charge in [0.15, 0.2) is 0 Å². The van der Waals surface area contributed by atoms with Crippen molar-refractivity contribution in [2.45, 2.75) is 13.3 Å². The molecule has 0 bridgehead atoms. The van der Waals surface area contributed by atoms with E-state index in [1.165, 1.54) is 0 Å². The summed E-state index contributed by atoms with van der Waals surface area (Å²) in [5.41, 5.74) is 6.70. The van der Waals surface area contributed by atoms with Crippen molar-refractivity contribution in [1.82, 2.24) is 0 Å². The monoisotopic (exact) mass is 260 g/mol. The smallest absolute Gasteiger partial charge is 0.118 e. The number of halogens is 2. The first-order valence-electron chi connectivity index (χ1n) is 4.98. The highest BCUT2D eigenvalue weighted by Gasteiger charge is 2.08. The highest BCUT2D eigenvalue weighted by molar-refractivity contribution is 6.40. The minimum absolute atomic E-state index is 0.496. The molecule has 88 valence electrons. The maximum absolute atomic E-state index is 6.02. The number of rotatable bonds is 5. The summed E-state index contributed by atoms with van der Waals surface area (Å²) in [5, 5.41) is 5.08. The Morgan fingerprint density at radius 2 is 2.00 bits per heavy atom. The lowest BCUT2D eigenvalue weighted by Gasteiger charge is -2.06. The lowest BCUT2D eigenvalue weighted by atomic mass is 10.1. The Bertz CT molecular complexity index is 360. The summed E-state index contributed by atoms with van der Waals surface area (Å²) >= 11 is 12.0. The van der Waals surface area contributed by atoms with E-state index in [1.807, 2.05) is 0 Å². The molecule has 2 N–H and O–H groups in total. The molecule has 0 saturated carbocycles. The van der Waals surface area contributed by atoms with E-state index in [0.29, 0.717) is 34.5 Å². The van der Waals surface area contributed by atoms with E-state index in [4.69, 9.17) is 33.8 Å². The van der Waals surface area contributed by atoms with Crippen molar-refractivity contribution in [2.24, 2.45) is 10.9 Å². The van der Waals surface area contributed by atoms with Gasteiger partial charge in [-0.2, -0.15) is 0 Å². The van der Waals surface area contributed by atoms with Gasteiger partial charge < -0.3 is 10.6 Å². The molecule has 5 heteroatoms. The van der Waals surface area contributed by atoms with Crippen LogP contribution in [0.4, 0.5) is 0 Å². The first kappa shape index (κ1) is 13.3. The zero-order valence-electron chi connectivity index (χ0n) is 9.04. The largest absolute Gasteiger partial charge is 0.396 e. The van der Waals surface area contributed by atoms with Crippen LogP contribution in [0.1, 0.15) is 18.9 Å². The van der Waals surface area contributed by atoms with Gasteiger partial charge in [0.05, 0.1) is 15.8 Å². The van der Waals surface area contributed by atoms with Gasteiger partial charge in [0.1, 0.15) is 6.61 Å². The molecule has 1 aromatic carbocycles. The number of oxime groups is 1. The van der Waals surface area contributed by atoms with Gasteiger partial charge in [-0.15, -0.1) is 0 Å². The second-order valence-corrected chi connectivity index (χ2v) is 4.06. The van der Waals surface area contributed by atoms with Crippen LogP contribution in [-0.2, 0) is 4.84 Å². The standard InChI is InChI=1S/C11H14Cl2N2O/c1-8(15-16-7-3-6-14)11-9(12)4-2-5-10(11)13/h2,4-5H,3,6-7,14H2,1H3/b15-8+. The van der Waals surface area contributed by atoms with E-state index >= 15 is 0 Å². The fourth-order valence-electron chi connectivity index (χ4n) is 1.18.